The molecule has 0 bridgehead atoms. The van der Waals surface area contributed by atoms with Crippen LogP contribution >= 0.6 is 0 Å². The summed E-state index contributed by atoms with van der Waals surface area (Å²) < 4.78 is 5.21. The molecule has 0 unspecified atom stereocenters. The number of hydrogen-bond donors (Lipinski definition) is 1. The van der Waals surface area contributed by atoms with E-state index in [2.05, 4.69) is 10.3 Å². The van der Waals surface area contributed by atoms with Crippen LogP contribution < -0.4 is 5.32 Å². The Balaban J connectivity index is 1.88. The lowest BCUT2D eigenvalue weighted by Crippen LogP contribution is -2.12. The molecular formula is C16H14N2O2. The maximum atomic E-state index is 12.2. The van der Waals surface area contributed by atoms with Crippen LogP contribution in [0, 0.1) is 13.8 Å². The molecular weight excluding hydrogens is 252 g/mol. The van der Waals surface area contributed by atoms with E-state index in [1.54, 1.807) is 18.2 Å². The van der Waals surface area contributed by atoms with Gasteiger partial charge in [-0.05, 0) is 43.7 Å². The monoisotopic (exact) mass is 266 g/mol. The Morgan fingerprint density at radius 2 is 2.00 bits per heavy atom. The molecule has 4 heteroatoms. The quantitative estimate of drug-likeness (QED) is 0.769. The highest BCUT2D eigenvalue weighted by Crippen LogP contribution is 2.19. The van der Waals surface area contributed by atoms with Gasteiger partial charge in [0.05, 0.1) is 0 Å². The van der Waals surface area contributed by atoms with Crippen molar-refractivity contribution >= 4 is 22.7 Å². The van der Waals surface area contributed by atoms with Crippen molar-refractivity contribution in [2.24, 2.45) is 0 Å². The number of amides is 1. The second-order valence-corrected chi connectivity index (χ2v) is 4.81. The van der Waals surface area contributed by atoms with Crippen molar-refractivity contribution in [3.63, 3.8) is 0 Å². The Labute approximate surface area is 116 Å². The molecule has 0 saturated heterocycles. The zero-order valence-corrected chi connectivity index (χ0v) is 11.3. The molecule has 2 aromatic carbocycles. The van der Waals surface area contributed by atoms with Gasteiger partial charge < -0.3 is 9.73 Å². The van der Waals surface area contributed by atoms with Crippen LogP contribution in [0.5, 0.6) is 0 Å². The first-order valence-corrected chi connectivity index (χ1v) is 6.35. The van der Waals surface area contributed by atoms with Gasteiger partial charge >= 0.3 is 0 Å². The maximum absolute atomic E-state index is 12.2. The number of oxazole rings is 1. The first-order valence-electron chi connectivity index (χ1n) is 6.35. The largest absolute Gasteiger partial charge is 0.443 e. The lowest BCUT2D eigenvalue weighted by molar-refractivity contribution is 0.102. The fourth-order valence-electron chi connectivity index (χ4n) is 2.14. The summed E-state index contributed by atoms with van der Waals surface area (Å²) >= 11 is 0. The summed E-state index contributed by atoms with van der Waals surface area (Å²) in [6, 6.07) is 11.1. The number of aromatic nitrogens is 1. The highest BCUT2D eigenvalue weighted by Gasteiger charge is 2.10. The highest BCUT2D eigenvalue weighted by atomic mass is 16.3. The lowest BCUT2D eigenvalue weighted by Gasteiger charge is -2.09. The van der Waals surface area contributed by atoms with Gasteiger partial charge in [-0.2, -0.15) is 0 Å². The molecule has 0 saturated carbocycles. The summed E-state index contributed by atoms with van der Waals surface area (Å²) in [4.78, 5) is 16.3. The molecule has 0 aliphatic carbocycles. The summed E-state index contributed by atoms with van der Waals surface area (Å²) in [6.07, 6.45) is 1.37. The van der Waals surface area contributed by atoms with Crippen LogP contribution in [-0.2, 0) is 0 Å². The number of benzene rings is 2. The van der Waals surface area contributed by atoms with Gasteiger partial charge in [0.2, 0.25) is 0 Å². The van der Waals surface area contributed by atoms with Gasteiger partial charge in [0.1, 0.15) is 5.52 Å². The van der Waals surface area contributed by atoms with Crippen molar-refractivity contribution in [3.05, 3.63) is 59.5 Å². The lowest BCUT2D eigenvalue weighted by atomic mass is 10.1. The summed E-state index contributed by atoms with van der Waals surface area (Å²) in [6.45, 7) is 4.00. The molecule has 0 aliphatic heterocycles. The number of nitrogens with zero attached hydrogens (tertiary/aromatic N) is 1. The van der Waals surface area contributed by atoms with Crippen LogP contribution in [0.1, 0.15) is 21.5 Å². The molecule has 0 atom stereocenters. The minimum atomic E-state index is -0.157. The molecule has 0 aliphatic rings. The van der Waals surface area contributed by atoms with E-state index in [0.717, 1.165) is 16.8 Å². The molecule has 4 nitrogen and oxygen atoms in total. The summed E-state index contributed by atoms with van der Waals surface area (Å²) in [7, 11) is 0. The van der Waals surface area contributed by atoms with Crippen molar-refractivity contribution in [2.45, 2.75) is 13.8 Å². The summed E-state index contributed by atoms with van der Waals surface area (Å²) in [5.74, 6) is -0.157. The van der Waals surface area contributed by atoms with Gasteiger partial charge in [-0.25, -0.2) is 4.98 Å². The Morgan fingerprint density at radius 3 is 2.80 bits per heavy atom. The molecule has 0 spiro atoms. The van der Waals surface area contributed by atoms with Crippen molar-refractivity contribution in [2.75, 3.05) is 5.32 Å². The Morgan fingerprint density at radius 1 is 1.15 bits per heavy atom. The van der Waals surface area contributed by atoms with Crippen LogP contribution in [0.2, 0.25) is 0 Å². The highest BCUT2D eigenvalue weighted by molar-refractivity contribution is 6.06. The van der Waals surface area contributed by atoms with E-state index in [1.807, 2.05) is 32.0 Å². The van der Waals surface area contributed by atoms with E-state index in [9.17, 15) is 4.79 Å². The number of hydrogen-bond acceptors (Lipinski definition) is 3. The molecule has 1 aromatic heterocycles. The van der Waals surface area contributed by atoms with Gasteiger partial charge in [0.15, 0.2) is 12.0 Å². The minimum absolute atomic E-state index is 0.157. The zero-order valence-electron chi connectivity index (χ0n) is 11.3. The van der Waals surface area contributed by atoms with Gasteiger partial charge in [0.25, 0.3) is 5.91 Å². The van der Waals surface area contributed by atoms with Crippen LogP contribution in [-0.4, -0.2) is 10.9 Å². The van der Waals surface area contributed by atoms with Gasteiger partial charge in [0, 0.05) is 11.3 Å². The number of rotatable bonds is 2. The average molecular weight is 266 g/mol. The van der Waals surface area contributed by atoms with Crippen molar-refractivity contribution < 1.29 is 9.21 Å². The fraction of sp³-hybridized carbons (Fsp3) is 0.125. The first kappa shape index (κ1) is 12.4. The predicted molar refractivity (Wildman–Crippen MR) is 77.9 cm³/mol. The SMILES string of the molecule is Cc1ccc(NC(=O)c2ccc3ncoc3c2)c(C)c1. The van der Waals surface area contributed by atoms with E-state index in [1.165, 1.54) is 12.0 Å². The third-order valence-electron chi connectivity index (χ3n) is 3.22. The number of anilines is 1. The van der Waals surface area contributed by atoms with Crippen LogP contribution in [0.4, 0.5) is 5.69 Å². The summed E-state index contributed by atoms with van der Waals surface area (Å²) in [5.41, 5.74) is 4.93. The van der Waals surface area contributed by atoms with Crippen molar-refractivity contribution in [1.29, 1.82) is 0 Å². The number of aryl methyl sites for hydroxylation is 2. The second-order valence-electron chi connectivity index (χ2n) is 4.81. The van der Waals surface area contributed by atoms with Crippen LogP contribution in [0.3, 0.4) is 0 Å². The standard InChI is InChI=1S/C16H14N2O2/c1-10-3-5-13(11(2)7-10)18-16(19)12-4-6-14-15(8-12)20-9-17-14/h3-9H,1-2H3,(H,18,19). The number of carbonyl (C=O) groups is 1. The van der Waals surface area contributed by atoms with Crippen LogP contribution in [0.15, 0.2) is 47.2 Å². The maximum Gasteiger partial charge on any atom is 0.255 e. The van der Waals surface area contributed by atoms with Gasteiger partial charge in [-0.1, -0.05) is 17.7 Å². The van der Waals surface area contributed by atoms with E-state index in [-0.39, 0.29) is 5.91 Å². The van der Waals surface area contributed by atoms with Crippen molar-refractivity contribution in [1.82, 2.24) is 4.98 Å². The molecule has 3 rings (SSSR count). The van der Waals surface area contributed by atoms with E-state index < -0.39 is 0 Å². The third-order valence-corrected chi connectivity index (χ3v) is 3.22. The third kappa shape index (κ3) is 2.28. The second kappa shape index (κ2) is 4.81. The molecule has 0 fully saturated rings. The normalized spacial score (nSPS) is 10.7. The number of carbonyl (C=O) groups excluding carboxylic acids is 1. The topological polar surface area (TPSA) is 55.1 Å². The van der Waals surface area contributed by atoms with Crippen LogP contribution in [0.25, 0.3) is 11.1 Å². The van der Waals surface area contributed by atoms with Crippen molar-refractivity contribution in [3.8, 4) is 0 Å². The molecule has 20 heavy (non-hydrogen) atoms. The number of nitrogens with one attached hydrogen (secondary N) is 1. The Bertz CT molecular complexity index is 790. The fourth-order valence-corrected chi connectivity index (χ4v) is 2.14. The average Bonchev–Trinajstić information content (AvgIpc) is 2.89. The molecule has 1 heterocycles. The van der Waals surface area contributed by atoms with E-state index in [0.29, 0.717) is 11.1 Å². The van der Waals surface area contributed by atoms with Gasteiger partial charge in [-0.15, -0.1) is 0 Å². The first-order chi connectivity index (χ1) is 9.63. The molecule has 3 aromatic rings. The van der Waals surface area contributed by atoms with Gasteiger partial charge in [-0.3, -0.25) is 4.79 Å². The molecule has 1 amide bonds. The Kier molecular flexibility index (Phi) is 2.99. The predicted octanol–water partition coefficient (Wildman–Crippen LogP) is 3.70. The van der Waals surface area contributed by atoms with E-state index in [4.69, 9.17) is 4.42 Å². The zero-order chi connectivity index (χ0) is 14.1. The smallest absolute Gasteiger partial charge is 0.255 e. The molecule has 0 radical (unpaired) electrons. The minimum Gasteiger partial charge on any atom is -0.443 e. The molecule has 100 valence electrons. The molecule has 1 N–H and O–H groups in total. The van der Waals surface area contributed by atoms with E-state index >= 15 is 0 Å². The number of fused-ring (bicyclic) bond motifs is 1. The Hall–Kier alpha value is -2.62. The summed E-state index contributed by atoms with van der Waals surface area (Å²) in [5, 5.41) is 2.91.